The molecule has 3 N–H and O–H groups in total. The van der Waals surface area contributed by atoms with Gasteiger partial charge in [-0.1, -0.05) is 0 Å². The van der Waals surface area contributed by atoms with Crippen LogP contribution in [-0.2, 0) is 16.1 Å². The van der Waals surface area contributed by atoms with Crippen LogP contribution in [0.25, 0.3) is 0 Å². The Morgan fingerprint density at radius 2 is 1.76 bits per heavy atom. The largest absolute Gasteiger partial charge is 0.490 e. The Hall–Kier alpha value is -2.71. The van der Waals surface area contributed by atoms with Crippen molar-refractivity contribution in [3.63, 3.8) is 0 Å². The maximum atomic E-state index is 13.1. The van der Waals surface area contributed by atoms with Crippen LogP contribution >= 0.6 is 0 Å². The Balaban J connectivity index is 0.000000344. The topological polar surface area (TPSA) is 124 Å². The molecular formula is C23H28F3N5O3. The molecule has 1 aromatic heterocycles. The zero-order chi connectivity index (χ0) is 24.6. The minimum Gasteiger partial charge on any atom is -0.475 e. The molecule has 3 saturated heterocycles. The fraction of sp³-hybridized carbons (Fsp3) is 0.652. The van der Waals surface area contributed by atoms with Gasteiger partial charge in [-0.15, -0.1) is 0 Å². The molecule has 2 unspecified atom stereocenters. The highest BCUT2D eigenvalue weighted by atomic mass is 19.4. The molecule has 4 aliphatic rings. The van der Waals surface area contributed by atoms with Crippen LogP contribution in [0, 0.1) is 23.2 Å². The number of alkyl halides is 3. The predicted octanol–water partition coefficient (Wildman–Crippen LogP) is 2.30. The average Bonchev–Trinajstić information content (AvgIpc) is 3.41. The third-order valence-electron chi connectivity index (χ3n) is 7.58. The molecule has 1 saturated carbocycles. The molecule has 5 rings (SSSR count). The van der Waals surface area contributed by atoms with Crippen LogP contribution in [0.4, 0.5) is 13.2 Å². The number of piperidine rings is 2. The van der Waals surface area contributed by atoms with Gasteiger partial charge in [0.15, 0.2) is 0 Å². The molecule has 0 aromatic carbocycles. The molecule has 184 valence electrons. The van der Waals surface area contributed by atoms with E-state index in [-0.39, 0.29) is 23.9 Å². The number of pyridine rings is 1. The molecule has 4 heterocycles. The van der Waals surface area contributed by atoms with Gasteiger partial charge in [-0.25, -0.2) is 4.79 Å². The van der Waals surface area contributed by atoms with Gasteiger partial charge >= 0.3 is 12.1 Å². The van der Waals surface area contributed by atoms with Crippen molar-refractivity contribution in [1.29, 1.82) is 5.26 Å². The van der Waals surface area contributed by atoms with Crippen LogP contribution in [-0.4, -0.2) is 68.2 Å². The van der Waals surface area contributed by atoms with Gasteiger partial charge in [0.05, 0.1) is 12.1 Å². The van der Waals surface area contributed by atoms with Crippen molar-refractivity contribution in [2.24, 2.45) is 17.6 Å². The summed E-state index contributed by atoms with van der Waals surface area (Å²) in [5.74, 6) is -1.95. The van der Waals surface area contributed by atoms with E-state index in [1.54, 1.807) is 0 Å². The maximum absolute atomic E-state index is 13.1. The summed E-state index contributed by atoms with van der Waals surface area (Å²) in [6.07, 6.45) is 4.91. The molecular weight excluding hydrogens is 451 g/mol. The fourth-order valence-corrected chi connectivity index (χ4v) is 5.83. The number of hydrogen-bond donors (Lipinski definition) is 2. The highest BCUT2D eigenvalue weighted by Gasteiger charge is 2.55. The first kappa shape index (κ1) is 24.4. The van der Waals surface area contributed by atoms with Crippen molar-refractivity contribution >= 4 is 11.9 Å². The Morgan fingerprint density at radius 3 is 2.29 bits per heavy atom. The summed E-state index contributed by atoms with van der Waals surface area (Å²) < 4.78 is 31.7. The third-order valence-corrected chi connectivity index (χ3v) is 7.58. The quantitative estimate of drug-likeness (QED) is 0.679. The molecule has 1 aromatic rings. The summed E-state index contributed by atoms with van der Waals surface area (Å²) in [7, 11) is 0. The summed E-state index contributed by atoms with van der Waals surface area (Å²) in [5, 5.41) is 16.5. The molecule has 8 nitrogen and oxygen atoms in total. The number of nitriles is 1. The molecule has 1 amide bonds. The van der Waals surface area contributed by atoms with E-state index < -0.39 is 18.2 Å². The highest BCUT2D eigenvalue weighted by Crippen LogP contribution is 2.48. The number of rotatable bonds is 4. The van der Waals surface area contributed by atoms with E-state index in [0.29, 0.717) is 18.0 Å². The summed E-state index contributed by atoms with van der Waals surface area (Å²) in [6, 6.07) is 7.09. The zero-order valence-corrected chi connectivity index (χ0v) is 18.6. The molecule has 1 aliphatic carbocycles. The monoisotopic (exact) mass is 479 g/mol. The second-order valence-electron chi connectivity index (χ2n) is 9.66. The number of carboxylic acid groups (broad SMARTS) is 1. The van der Waals surface area contributed by atoms with Gasteiger partial charge in [-0.2, -0.15) is 18.4 Å². The van der Waals surface area contributed by atoms with Crippen molar-refractivity contribution < 1.29 is 27.9 Å². The molecule has 0 radical (unpaired) electrons. The lowest BCUT2D eigenvalue weighted by Gasteiger charge is -2.41. The Bertz CT molecular complexity index is 939. The molecule has 3 aliphatic heterocycles. The van der Waals surface area contributed by atoms with E-state index in [1.165, 1.54) is 18.4 Å². The second-order valence-corrected chi connectivity index (χ2v) is 9.66. The molecule has 2 bridgehead atoms. The predicted molar refractivity (Wildman–Crippen MR) is 114 cm³/mol. The number of halogens is 3. The van der Waals surface area contributed by atoms with Gasteiger partial charge < -0.3 is 15.7 Å². The third kappa shape index (κ3) is 5.03. The van der Waals surface area contributed by atoms with Gasteiger partial charge in [0.25, 0.3) is 0 Å². The highest BCUT2D eigenvalue weighted by molar-refractivity contribution is 5.84. The normalized spacial score (nSPS) is 32.7. The molecule has 11 heteroatoms. The Labute approximate surface area is 195 Å². The number of fused-ring (bicyclic) bond motifs is 3. The molecule has 6 atom stereocenters. The number of hydrogen-bond acceptors (Lipinski definition) is 6. The standard InChI is InChI=1S/C21H27N5O.C2HF3O2/c22-11-18-7-14-10-19(14)26(18)21(27)20(23)15-8-16-1-2-17(9-15)25(16)12-13-3-5-24-6-4-13;3-2(4,5)1(6)7/h3-6,14-20H,1-2,7-10,12,23H2;(H,6,7)/t14-,15?,16?,17?,18+,19+,20+;/m1./s1. The van der Waals surface area contributed by atoms with E-state index >= 15 is 0 Å². The maximum Gasteiger partial charge on any atom is 0.490 e. The number of carbonyl (C=O) groups excluding carboxylic acids is 1. The van der Waals surface area contributed by atoms with E-state index in [1.807, 2.05) is 17.3 Å². The van der Waals surface area contributed by atoms with Crippen LogP contribution in [0.15, 0.2) is 24.5 Å². The van der Waals surface area contributed by atoms with Crippen molar-refractivity contribution in [3.8, 4) is 6.07 Å². The second kappa shape index (κ2) is 9.50. The van der Waals surface area contributed by atoms with E-state index in [2.05, 4.69) is 28.1 Å². The van der Waals surface area contributed by atoms with Crippen molar-refractivity contribution in [3.05, 3.63) is 30.1 Å². The first-order valence-electron chi connectivity index (χ1n) is 11.5. The van der Waals surface area contributed by atoms with Crippen molar-refractivity contribution in [2.75, 3.05) is 0 Å². The summed E-state index contributed by atoms with van der Waals surface area (Å²) in [6.45, 7) is 0.958. The van der Waals surface area contributed by atoms with Gasteiger partial charge in [0, 0.05) is 37.1 Å². The van der Waals surface area contributed by atoms with Gasteiger partial charge in [-0.05, 0) is 68.1 Å². The van der Waals surface area contributed by atoms with Gasteiger partial charge in [-0.3, -0.25) is 14.7 Å². The van der Waals surface area contributed by atoms with Crippen molar-refractivity contribution in [2.45, 2.75) is 81.5 Å². The van der Waals surface area contributed by atoms with Crippen LogP contribution in [0.1, 0.15) is 44.1 Å². The molecule has 0 spiro atoms. The lowest BCUT2D eigenvalue weighted by Crippen LogP contribution is -2.54. The zero-order valence-electron chi connectivity index (χ0n) is 18.6. The first-order valence-corrected chi connectivity index (χ1v) is 11.5. The minimum atomic E-state index is -5.08. The summed E-state index contributed by atoms with van der Waals surface area (Å²) >= 11 is 0. The number of aromatic nitrogens is 1. The van der Waals surface area contributed by atoms with Crippen LogP contribution in [0.2, 0.25) is 0 Å². The lowest BCUT2D eigenvalue weighted by molar-refractivity contribution is -0.192. The Kier molecular flexibility index (Phi) is 6.82. The van der Waals surface area contributed by atoms with Crippen LogP contribution in [0.3, 0.4) is 0 Å². The smallest absolute Gasteiger partial charge is 0.475 e. The average molecular weight is 480 g/mol. The number of carbonyl (C=O) groups is 2. The van der Waals surface area contributed by atoms with E-state index in [0.717, 1.165) is 32.2 Å². The first-order chi connectivity index (χ1) is 16.1. The number of carboxylic acids is 1. The minimum absolute atomic E-state index is 0.0264. The SMILES string of the molecule is N#C[C@@H]1C[C@@H]2C[C@@H]2N1C(=O)[C@@H](N)C1CC2CCC(C1)N2Cc1ccncc1.O=C(O)C(F)(F)F. The number of nitrogens with zero attached hydrogens (tertiary/aromatic N) is 4. The number of aliphatic carboxylic acids is 1. The fourth-order valence-electron chi connectivity index (χ4n) is 5.83. The van der Waals surface area contributed by atoms with Crippen molar-refractivity contribution in [1.82, 2.24) is 14.8 Å². The molecule has 4 fully saturated rings. The number of amides is 1. The Morgan fingerprint density at radius 1 is 1.18 bits per heavy atom. The van der Waals surface area contributed by atoms with Gasteiger partial charge in [0.2, 0.25) is 5.91 Å². The lowest BCUT2D eigenvalue weighted by atomic mass is 9.84. The van der Waals surface area contributed by atoms with Crippen LogP contribution in [0.5, 0.6) is 0 Å². The summed E-state index contributed by atoms with van der Waals surface area (Å²) in [4.78, 5) is 30.5. The summed E-state index contributed by atoms with van der Waals surface area (Å²) in [5.41, 5.74) is 7.79. The molecule has 34 heavy (non-hydrogen) atoms. The van der Waals surface area contributed by atoms with E-state index in [9.17, 15) is 23.2 Å². The van der Waals surface area contributed by atoms with Crippen LogP contribution < -0.4 is 5.73 Å². The number of likely N-dealkylation sites (tertiary alicyclic amines) is 1. The number of nitrogens with two attached hydrogens (primary N) is 1. The van der Waals surface area contributed by atoms with E-state index in [4.69, 9.17) is 15.6 Å². The van der Waals surface area contributed by atoms with Gasteiger partial charge in [0.1, 0.15) is 6.04 Å².